The molecule has 2 aromatic heterocycles. The van der Waals surface area contributed by atoms with E-state index in [0.717, 1.165) is 16.4 Å². The molecule has 19 heavy (non-hydrogen) atoms. The second kappa shape index (κ2) is 4.94. The number of nitrogens with zero attached hydrogens (tertiary/aromatic N) is 2. The monoisotopic (exact) mass is 266 g/mol. The molecule has 0 atom stereocenters. The van der Waals surface area contributed by atoms with Crippen LogP contribution in [-0.2, 0) is 0 Å². The first-order valence-corrected chi connectivity index (χ1v) is 7.06. The molecule has 0 amide bonds. The number of aryl methyl sites for hydroxylation is 2. The molecule has 3 rings (SSSR count). The molecule has 0 aliphatic rings. The van der Waals surface area contributed by atoms with Gasteiger partial charge in [0.05, 0.1) is 11.4 Å². The fourth-order valence-electron chi connectivity index (χ4n) is 2.11. The van der Waals surface area contributed by atoms with E-state index in [1.165, 1.54) is 16.7 Å². The summed E-state index contributed by atoms with van der Waals surface area (Å²) in [5.74, 6) is 0. The molecular weight excluding hydrogens is 252 g/mol. The third kappa shape index (κ3) is 2.42. The first kappa shape index (κ1) is 12.1. The van der Waals surface area contributed by atoms with Gasteiger partial charge >= 0.3 is 0 Å². The van der Waals surface area contributed by atoms with Crippen LogP contribution in [0.1, 0.15) is 11.1 Å². The Morgan fingerprint density at radius 2 is 1.89 bits per heavy atom. The summed E-state index contributed by atoms with van der Waals surface area (Å²) in [5.41, 5.74) is 5.70. The fraction of sp³-hybridized carbons (Fsp3) is 0.125. The van der Waals surface area contributed by atoms with Crippen molar-refractivity contribution in [3.8, 4) is 22.0 Å². The number of hydrogen-bond donors (Lipinski definition) is 0. The molecule has 0 saturated carbocycles. The molecule has 0 fully saturated rings. The van der Waals surface area contributed by atoms with Crippen molar-refractivity contribution < 1.29 is 0 Å². The van der Waals surface area contributed by atoms with E-state index in [0.29, 0.717) is 0 Å². The van der Waals surface area contributed by atoms with Crippen molar-refractivity contribution in [3.05, 3.63) is 59.1 Å². The van der Waals surface area contributed by atoms with Crippen LogP contribution in [0.25, 0.3) is 22.0 Å². The highest BCUT2D eigenvalue weighted by Gasteiger charge is 2.09. The van der Waals surface area contributed by atoms with E-state index in [1.807, 2.05) is 18.2 Å². The number of hydrogen-bond acceptors (Lipinski definition) is 3. The Kier molecular flexibility index (Phi) is 3.13. The molecule has 0 radical (unpaired) electrons. The van der Waals surface area contributed by atoms with Crippen molar-refractivity contribution in [2.75, 3.05) is 0 Å². The van der Waals surface area contributed by atoms with Gasteiger partial charge in [-0.2, -0.15) is 0 Å². The number of benzene rings is 1. The average molecular weight is 266 g/mol. The lowest BCUT2D eigenvalue weighted by atomic mass is 10.0. The van der Waals surface area contributed by atoms with E-state index < -0.39 is 0 Å². The minimum absolute atomic E-state index is 0.934. The van der Waals surface area contributed by atoms with Gasteiger partial charge in [0.15, 0.2) is 0 Å². The number of thiazole rings is 1. The molecular formula is C16H14N2S. The lowest BCUT2D eigenvalue weighted by molar-refractivity contribution is 1.28. The molecule has 0 N–H and O–H groups in total. The maximum Gasteiger partial charge on any atom is 0.142 e. The molecule has 3 aromatic rings. The van der Waals surface area contributed by atoms with Crippen LogP contribution in [0, 0.1) is 13.8 Å². The van der Waals surface area contributed by atoms with Crippen LogP contribution in [0.5, 0.6) is 0 Å². The number of pyridine rings is 1. The van der Waals surface area contributed by atoms with Crippen molar-refractivity contribution >= 4 is 11.3 Å². The van der Waals surface area contributed by atoms with Gasteiger partial charge in [-0.3, -0.25) is 4.98 Å². The first-order valence-electron chi connectivity index (χ1n) is 6.18. The van der Waals surface area contributed by atoms with Crippen LogP contribution in [0.3, 0.4) is 0 Å². The Labute approximate surface area is 116 Å². The Morgan fingerprint density at radius 1 is 1.00 bits per heavy atom. The first-order chi connectivity index (χ1) is 9.24. The molecule has 2 heterocycles. The summed E-state index contributed by atoms with van der Waals surface area (Å²) >= 11 is 1.64. The largest absolute Gasteiger partial charge is 0.254 e. The van der Waals surface area contributed by atoms with E-state index in [9.17, 15) is 0 Å². The third-order valence-electron chi connectivity index (χ3n) is 3.05. The summed E-state index contributed by atoms with van der Waals surface area (Å²) in [6.45, 7) is 4.24. The van der Waals surface area contributed by atoms with Gasteiger partial charge in [0.2, 0.25) is 0 Å². The van der Waals surface area contributed by atoms with Gasteiger partial charge in [0.1, 0.15) is 5.01 Å². The third-order valence-corrected chi connectivity index (χ3v) is 3.91. The molecule has 1 aromatic carbocycles. The summed E-state index contributed by atoms with van der Waals surface area (Å²) in [4.78, 5) is 9.04. The highest BCUT2D eigenvalue weighted by atomic mass is 32.1. The maximum atomic E-state index is 4.70. The van der Waals surface area contributed by atoms with Gasteiger partial charge in [-0.25, -0.2) is 4.98 Å². The smallest absolute Gasteiger partial charge is 0.142 e. The van der Waals surface area contributed by atoms with Crippen LogP contribution >= 0.6 is 11.3 Å². The zero-order valence-electron chi connectivity index (χ0n) is 10.9. The van der Waals surface area contributed by atoms with E-state index in [2.05, 4.69) is 42.4 Å². The highest BCUT2D eigenvalue weighted by molar-refractivity contribution is 7.13. The van der Waals surface area contributed by atoms with E-state index in [4.69, 9.17) is 4.98 Å². The second-order valence-electron chi connectivity index (χ2n) is 4.57. The van der Waals surface area contributed by atoms with Crippen molar-refractivity contribution in [2.24, 2.45) is 0 Å². The quantitative estimate of drug-likeness (QED) is 0.683. The van der Waals surface area contributed by atoms with Crippen molar-refractivity contribution in [3.63, 3.8) is 0 Å². The Balaban J connectivity index is 2.02. The average Bonchev–Trinajstić information content (AvgIpc) is 2.89. The zero-order chi connectivity index (χ0) is 13.2. The predicted molar refractivity (Wildman–Crippen MR) is 80.3 cm³/mol. The van der Waals surface area contributed by atoms with Gasteiger partial charge in [-0.05, 0) is 31.5 Å². The normalized spacial score (nSPS) is 10.6. The van der Waals surface area contributed by atoms with Gasteiger partial charge in [-0.15, -0.1) is 11.3 Å². The van der Waals surface area contributed by atoms with Crippen molar-refractivity contribution in [1.82, 2.24) is 9.97 Å². The van der Waals surface area contributed by atoms with Crippen LogP contribution in [0.2, 0.25) is 0 Å². The van der Waals surface area contributed by atoms with Crippen LogP contribution < -0.4 is 0 Å². The van der Waals surface area contributed by atoms with Crippen LogP contribution in [-0.4, -0.2) is 9.97 Å². The van der Waals surface area contributed by atoms with Gasteiger partial charge in [0, 0.05) is 17.1 Å². The lowest BCUT2D eigenvalue weighted by Gasteiger charge is -2.03. The van der Waals surface area contributed by atoms with Crippen molar-refractivity contribution in [2.45, 2.75) is 13.8 Å². The molecule has 0 bridgehead atoms. The van der Waals surface area contributed by atoms with Crippen LogP contribution in [0.15, 0.2) is 48.0 Å². The van der Waals surface area contributed by atoms with Gasteiger partial charge in [-0.1, -0.05) is 29.8 Å². The van der Waals surface area contributed by atoms with E-state index >= 15 is 0 Å². The minimum Gasteiger partial charge on any atom is -0.254 e. The van der Waals surface area contributed by atoms with E-state index in [1.54, 1.807) is 17.5 Å². The summed E-state index contributed by atoms with van der Waals surface area (Å²) in [5, 5.41) is 3.07. The SMILES string of the molecule is Cc1ccc(-c2csc(-c3ccccn3)n2)c(C)c1. The summed E-state index contributed by atoms with van der Waals surface area (Å²) in [6.07, 6.45) is 1.80. The van der Waals surface area contributed by atoms with Gasteiger partial charge in [0.25, 0.3) is 0 Å². The predicted octanol–water partition coefficient (Wildman–Crippen LogP) is 4.49. The number of aromatic nitrogens is 2. The standard InChI is InChI=1S/C16H14N2S/c1-11-6-7-13(12(2)9-11)15-10-19-16(18-15)14-5-3-4-8-17-14/h3-10H,1-2H3. The fourth-order valence-corrected chi connectivity index (χ4v) is 2.90. The molecule has 2 nitrogen and oxygen atoms in total. The van der Waals surface area contributed by atoms with E-state index in [-0.39, 0.29) is 0 Å². The molecule has 3 heteroatoms. The molecule has 0 spiro atoms. The maximum absolute atomic E-state index is 4.70. The van der Waals surface area contributed by atoms with Crippen LogP contribution in [0.4, 0.5) is 0 Å². The lowest BCUT2D eigenvalue weighted by Crippen LogP contribution is -1.86. The van der Waals surface area contributed by atoms with Crippen molar-refractivity contribution in [1.29, 1.82) is 0 Å². The van der Waals surface area contributed by atoms with Gasteiger partial charge < -0.3 is 0 Å². The Bertz CT molecular complexity index is 702. The molecule has 94 valence electrons. The highest BCUT2D eigenvalue weighted by Crippen LogP contribution is 2.29. The topological polar surface area (TPSA) is 25.8 Å². The second-order valence-corrected chi connectivity index (χ2v) is 5.43. The molecule has 0 aliphatic heterocycles. The Morgan fingerprint density at radius 3 is 2.63 bits per heavy atom. The molecule has 0 aliphatic carbocycles. The molecule has 0 saturated heterocycles. The summed E-state index contributed by atoms with van der Waals surface area (Å²) in [7, 11) is 0. The summed E-state index contributed by atoms with van der Waals surface area (Å²) < 4.78 is 0. The number of rotatable bonds is 2. The zero-order valence-corrected chi connectivity index (χ0v) is 11.7. The minimum atomic E-state index is 0.934. The molecule has 0 unspecified atom stereocenters. The Hall–Kier alpha value is -2.00. The summed E-state index contributed by atoms with van der Waals surface area (Å²) in [6, 6.07) is 12.4.